The maximum atomic E-state index is 5.65. The van der Waals surface area contributed by atoms with E-state index in [1.807, 2.05) is 41.1 Å². The van der Waals surface area contributed by atoms with E-state index in [2.05, 4.69) is 25.9 Å². The summed E-state index contributed by atoms with van der Waals surface area (Å²) in [5.41, 5.74) is 1.90. The molecule has 0 bridgehead atoms. The molecule has 0 aromatic carbocycles. The Labute approximate surface area is 112 Å². The van der Waals surface area contributed by atoms with Gasteiger partial charge in [0.25, 0.3) is 0 Å². The molecule has 0 fully saturated rings. The van der Waals surface area contributed by atoms with Gasteiger partial charge >= 0.3 is 0 Å². The molecule has 0 N–H and O–H groups in total. The highest BCUT2D eigenvalue weighted by atomic mass is 79.9. The lowest BCUT2D eigenvalue weighted by Crippen LogP contribution is -1.99. The van der Waals surface area contributed by atoms with E-state index in [1.54, 1.807) is 12.4 Å². The van der Waals surface area contributed by atoms with Crippen LogP contribution in [0.1, 0.15) is 5.69 Å². The number of imidazole rings is 1. The van der Waals surface area contributed by atoms with E-state index in [-0.39, 0.29) is 0 Å². The van der Waals surface area contributed by atoms with Gasteiger partial charge in [-0.2, -0.15) is 0 Å². The van der Waals surface area contributed by atoms with Crippen LogP contribution >= 0.6 is 15.9 Å². The number of ether oxygens (including phenoxy) is 1. The van der Waals surface area contributed by atoms with Crippen LogP contribution in [0.5, 0.6) is 5.75 Å². The lowest BCUT2D eigenvalue weighted by Gasteiger charge is -2.05. The van der Waals surface area contributed by atoms with Gasteiger partial charge in [0.05, 0.1) is 18.1 Å². The van der Waals surface area contributed by atoms with Gasteiger partial charge in [-0.1, -0.05) is 15.9 Å². The number of aromatic nitrogens is 3. The first-order valence-electron chi connectivity index (χ1n) is 5.47. The minimum absolute atomic E-state index is 0.467. The topological polar surface area (TPSA) is 39.4 Å². The molecule has 3 rings (SSSR count). The lowest BCUT2D eigenvalue weighted by atomic mass is 10.4. The smallest absolute Gasteiger partial charge is 0.138 e. The highest BCUT2D eigenvalue weighted by Gasteiger charge is 2.04. The molecule has 3 aromatic heterocycles. The SMILES string of the molecule is Brc1ccn2c(COc3cccnc3)cnc2c1. The van der Waals surface area contributed by atoms with Crippen LogP contribution < -0.4 is 4.74 Å². The van der Waals surface area contributed by atoms with E-state index in [0.717, 1.165) is 21.6 Å². The van der Waals surface area contributed by atoms with Gasteiger partial charge in [-0.05, 0) is 24.3 Å². The number of hydrogen-bond acceptors (Lipinski definition) is 3. The Morgan fingerprint density at radius 3 is 3.06 bits per heavy atom. The van der Waals surface area contributed by atoms with Crippen LogP contribution in [-0.4, -0.2) is 14.4 Å². The molecule has 0 spiro atoms. The number of pyridine rings is 2. The maximum absolute atomic E-state index is 5.65. The fourth-order valence-electron chi connectivity index (χ4n) is 1.70. The van der Waals surface area contributed by atoms with Gasteiger partial charge in [0.1, 0.15) is 18.0 Å². The molecule has 0 radical (unpaired) electrons. The van der Waals surface area contributed by atoms with Crippen molar-refractivity contribution in [1.82, 2.24) is 14.4 Å². The molecule has 3 aromatic rings. The second-order valence-electron chi connectivity index (χ2n) is 3.80. The molecular formula is C13H10BrN3O. The van der Waals surface area contributed by atoms with Crippen molar-refractivity contribution in [2.24, 2.45) is 0 Å². The van der Waals surface area contributed by atoms with Gasteiger partial charge in [-0.15, -0.1) is 0 Å². The van der Waals surface area contributed by atoms with Crippen molar-refractivity contribution in [3.63, 3.8) is 0 Å². The van der Waals surface area contributed by atoms with Crippen LogP contribution in [0.25, 0.3) is 5.65 Å². The summed E-state index contributed by atoms with van der Waals surface area (Å²) < 4.78 is 8.67. The molecule has 0 aliphatic heterocycles. The second kappa shape index (κ2) is 4.78. The normalized spacial score (nSPS) is 10.7. The van der Waals surface area contributed by atoms with E-state index < -0.39 is 0 Å². The summed E-state index contributed by atoms with van der Waals surface area (Å²) in [6.07, 6.45) is 7.20. The quantitative estimate of drug-likeness (QED) is 0.746. The summed E-state index contributed by atoms with van der Waals surface area (Å²) in [5, 5.41) is 0. The molecule has 5 heteroatoms. The molecule has 0 amide bonds. The van der Waals surface area contributed by atoms with Crippen molar-refractivity contribution in [3.05, 3.63) is 59.2 Å². The standard InChI is InChI=1S/C13H10BrN3O/c14-10-3-5-17-11(7-16-13(17)6-10)9-18-12-2-1-4-15-8-12/h1-8H,9H2. The third-order valence-corrected chi connectivity index (χ3v) is 3.07. The average molecular weight is 304 g/mol. The Kier molecular flexibility index (Phi) is 2.98. The van der Waals surface area contributed by atoms with E-state index in [4.69, 9.17) is 4.74 Å². The molecule has 0 unspecified atom stereocenters. The van der Waals surface area contributed by atoms with Crippen LogP contribution in [0.15, 0.2) is 53.5 Å². The number of halogens is 1. The van der Waals surface area contributed by atoms with Gasteiger partial charge in [-0.25, -0.2) is 4.98 Å². The molecule has 3 heterocycles. The molecule has 0 aliphatic rings. The molecule has 0 saturated heterocycles. The zero-order valence-corrected chi connectivity index (χ0v) is 11.0. The van der Waals surface area contributed by atoms with Gasteiger partial charge in [0.15, 0.2) is 0 Å². The monoisotopic (exact) mass is 303 g/mol. The minimum atomic E-state index is 0.467. The summed E-state index contributed by atoms with van der Waals surface area (Å²) in [4.78, 5) is 8.33. The molecule has 0 atom stereocenters. The van der Waals surface area contributed by atoms with Crippen molar-refractivity contribution >= 4 is 21.6 Å². The second-order valence-corrected chi connectivity index (χ2v) is 4.72. The lowest BCUT2D eigenvalue weighted by molar-refractivity contribution is 0.299. The van der Waals surface area contributed by atoms with Crippen molar-refractivity contribution in [2.45, 2.75) is 6.61 Å². The summed E-state index contributed by atoms with van der Waals surface area (Å²) in [6.45, 7) is 0.467. The Morgan fingerprint density at radius 1 is 1.28 bits per heavy atom. The number of rotatable bonds is 3. The number of nitrogens with zero attached hydrogens (tertiary/aromatic N) is 3. The van der Waals surface area contributed by atoms with Crippen LogP contribution in [0, 0.1) is 0 Å². The van der Waals surface area contributed by atoms with Gasteiger partial charge in [0.2, 0.25) is 0 Å². The Bertz CT molecular complexity index is 666. The first kappa shape index (κ1) is 11.2. The molecule has 90 valence electrons. The molecule has 4 nitrogen and oxygen atoms in total. The first-order chi connectivity index (χ1) is 8.83. The highest BCUT2D eigenvalue weighted by Crippen LogP contribution is 2.15. The Hall–Kier alpha value is -1.88. The summed E-state index contributed by atoms with van der Waals surface area (Å²) >= 11 is 3.42. The highest BCUT2D eigenvalue weighted by molar-refractivity contribution is 9.10. The van der Waals surface area contributed by atoms with Crippen LogP contribution in [-0.2, 0) is 6.61 Å². The van der Waals surface area contributed by atoms with E-state index in [1.165, 1.54) is 0 Å². The third kappa shape index (κ3) is 2.22. The predicted molar refractivity (Wildman–Crippen MR) is 71.5 cm³/mol. The molecular weight excluding hydrogens is 294 g/mol. The molecule has 0 saturated carbocycles. The fourth-order valence-corrected chi connectivity index (χ4v) is 2.03. The zero-order valence-electron chi connectivity index (χ0n) is 9.45. The van der Waals surface area contributed by atoms with Crippen molar-refractivity contribution in [1.29, 1.82) is 0 Å². The Morgan fingerprint density at radius 2 is 2.22 bits per heavy atom. The van der Waals surface area contributed by atoms with Crippen molar-refractivity contribution < 1.29 is 4.74 Å². The minimum Gasteiger partial charge on any atom is -0.486 e. The summed E-state index contributed by atoms with van der Waals surface area (Å²) in [7, 11) is 0. The first-order valence-corrected chi connectivity index (χ1v) is 6.26. The average Bonchev–Trinajstić information content (AvgIpc) is 2.80. The molecule has 0 aliphatic carbocycles. The predicted octanol–water partition coefficient (Wildman–Crippen LogP) is 3.07. The maximum Gasteiger partial charge on any atom is 0.138 e. The number of fused-ring (bicyclic) bond motifs is 1. The van der Waals surface area contributed by atoms with Crippen molar-refractivity contribution in [3.8, 4) is 5.75 Å². The summed E-state index contributed by atoms with van der Waals surface area (Å²) in [6, 6.07) is 7.67. The van der Waals surface area contributed by atoms with Gasteiger partial charge < -0.3 is 9.14 Å². The van der Waals surface area contributed by atoms with E-state index >= 15 is 0 Å². The zero-order chi connectivity index (χ0) is 12.4. The molecule has 18 heavy (non-hydrogen) atoms. The number of hydrogen-bond donors (Lipinski definition) is 0. The summed E-state index contributed by atoms with van der Waals surface area (Å²) in [5.74, 6) is 0.754. The van der Waals surface area contributed by atoms with Gasteiger partial charge in [0, 0.05) is 16.9 Å². The largest absolute Gasteiger partial charge is 0.486 e. The third-order valence-electron chi connectivity index (χ3n) is 2.57. The van der Waals surface area contributed by atoms with Crippen molar-refractivity contribution in [2.75, 3.05) is 0 Å². The Balaban J connectivity index is 1.83. The van der Waals surface area contributed by atoms with Crippen LogP contribution in [0.3, 0.4) is 0 Å². The van der Waals surface area contributed by atoms with Crippen LogP contribution in [0.2, 0.25) is 0 Å². The van der Waals surface area contributed by atoms with E-state index in [9.17, 15) is 0 Å². The fraction of sp³-hybridized carbons (Fsp3) is 0.0769. The van der Waals surface area contributed by atoms with E-state index in [0.29, 0.717) is 6.61 Å². The van der Waals surface area contributed by atoms with Crippen LogP contribution in [0.4, 0.5) is 0 Å². The van der Waals surface area contributed by atoms with Gasteiger partial charge in [-0.3, -0.25) is 4.98 Å².